The summed E-state index contributed by atoms with van der Waals surface area (Å²) in [6, 6.07) is 15.3. The topological polar surface area (TPSA) is 59.7 Å². The van der Waals surface area contributed by atoms with Gasteiger partial charge in [-0.05, 0) is 49.3 Å². The molecule has 0 aliphatic heterocycles. The number of nitrogens with zero attached hydrogens (tertiary/aromatic N) is 4. The lowest BCUT2D eigenvalue weighted by atomic mass is 10.1. The minimum atomic E-state index is -4.38. The fourth-order valence-electron chi connectivity index (χ4n) is 3.61. The van der Waals surface area contributed by atoms with Crippen LogP contribution in [0.1, 0.15) is 28.1 Å². The van der Waals surface area contributed by atoms with Gasteiger partial charge in [0.05, 0.1) is 47.6 Å². The molecular formula is C24H23F3N6S. The van der Waals surface area contributed by atoms with Crippen molar-refractivity contribution in [2.75, 3.05) is 10.6 Å². The van der Waals surface area contributed by atoms with Crippen LogP contribution in [-0.4, -0.2) is 24.7 Å². The number of anilines is 2. The summed E-state index contributed by atoms with van der Waals surface area (Å²) in [5.41, 5.74) is 4.18. The number of alkyl halides is 3. The highest BCUT2D eigenvalue weighted by molar-refractivity contribution is 7.80. The van der Waals surface area contributed by atoms with E-state index in [0.29, 0.717) is 22.9 Å². The third kappa shape index (κ3) is 5.63. The Balaban J connectivity index is 1.39. The molecule has 0 bridgehead atoms. The third-order valence-electron chi connectivity index (χ3n) is 5.29. The Bertz CT molecular complexity index is 1290. The van der Waals surface area contributed by atoms with Crippen LogP contribution in [0.4, 0.5) is 24.5 Å². The first-order valence-corrected chi connectivity index (χ1v) is 10.9. The molecule has 0 amide bonds. The third-order valence-corrected chi connectivity index (χ3v) is 5.49. The van der Waals surface area contributed by atoms with E-state index in [9.17, 15) is 13.2 Å². The second-order valence-electron chi connectivity index (χ2n) is 7.89. The van der Waals surface area contributed by atoms with E-state index in [1.54, 1.807) is 23.1 Å². The lowest BCUT2D eigenvalue weighted by Gasteiger charge is -2.10. The largest absolute Gasteiger partial charge is 0.416 e. The molecule has 34 heavy (non-hydrogen) atoms. The number of benzene rings is 2. The van der Waals surface area contributed by atoms with E-state index >= 15 is 0 Å². The fourth-order valence-corrected chi connectivity index (χ4v) is 3.83. The molecule has 0 spiro atoms. The molecule has 6 nitrogen and oxygen atoms in total. The molecule has 0 aliphatic carbocycles. The predicted octanol–water partition coefficient (Wildman–Crippen LogP) is 5.62. The number of aryl methyl sites for hydroxylation is 1. The number of rotatable bonds is 6. The van der Waals surface area contributed by atoms with E-state index in [1.807, 2.05) is 48.9 Å². The van der Waals surface area contributed by atoms with Crippen LogP contribution in [0, 0.1) is 13.8 Å². The van der Waals surface area contributed by atoms with Crippen LogP contribution in [0.15, 0.2) is 67.0 Å². The summed E-state index contributed by atoms with van der Waals surface area (Å²) in [6.07, 6.45) is -1.12. The Morgan fingerprint density at radius 1 is 0.971 bits per heavy atom. The van der Waals surface area contributed by atoms with Crippen LogP contribution in [0.2, 0.25) is 0 Å². The van der Waals surface area contributed by atoms with Crippen molar-refractivity contribution in [1.82, 2.24) is 19.6 Å². The minimum absolute atomic E-state index is 0.205. The highest BCUT2D eigenvalue weighted by Crippen LogP contribution is 2.29. The van der Waals surface area contributed by atoms with Crippen molar-refractivity contribution in [1.29, 1.82) is 0 Å². The van der Waals surface area contributed by atoms with Gasteiger partial charge in [-0.25, -0.2) is 0 Å². The molecule has 176 valence electrons. The maximum atomic E-state index is 12.9. The Hall–Kier alpha value is -3.66. The molecule has 2 heterocycles. The fraction of sp³-hybridized carbons (Fsp3) is 0.208. The average Bonchev–Trinajstić information content (AvgIpc) is 3.33. The summed E-state index contributed by atoms with van der Waals surface area (Å²) in [7, 11) is 0. The summed E-state index contributed by atoms with van der Waals surface area (Å²) in [5, 5.41) is 15.5. The van der Waals surface area contributed by atoms with Crippen LogP contribution in [0.3, 0.4) is 0 Å². The number of aromatic nitrogens is 4. The van der Waals surface area contributed by atoms with Crippen LogP contribution in [0.25, 0.3) is 0 Å². The van der Waals surface area contributed by atoms with Gasteiger partial charge < -0.3 is 10.6 Å². The second-order valence-corrected chi connectivity index (χ2v) is 8.30. The van der Waals surface area contributed by atoms with Crippen molar-refractivity contribution in [2.24, 2.45) is 0 Å². The maximum Gasteiger partial charge on any atom is 0.416 e. The SMILES string of the molecule is Cc1nn(Cc2ccccc2)c(C)c1NC(=S)Nc1cnn(Cc2cccc(C(F)(F)F)c2)c1. The van der Waals surface area contributed by atoms with Gasteiger partial charge in [-0.15, -0.1) is 0 Å². The van der Waals surface area contributed by atoms with Crippen LogP contribution >= 0.6 is 12.2 Å². The number of thiocarbonyl (C=S) groups is 1. The van der Waals surface area contributed by atoms with E-state index in [-0.39, 0.29) is 6.54 Å². The van der Waals surface area contributed by atoms with Gasteiger partial charge in [0.1, 0.15) is 0 Å². The van der Waals surface area contributed by atoms with Gasteiger partial charge in [-0.3, -0.25) is 9.36 Å². The van der Waals surface area contributed by atoms with E-state index in [0.717, 1.165) is 34.8 Å². The van der Waals surface area contributed by atoms with Gasteiger partial charge in [-0.2, -0.15) is 23.4 Å². The van der Waals surface area contributed by atoms with Gasteiger partial charge in [-0.1, -0.05) is 42.5 Å². The lowest BCUT2D eigenvalue weighted by Crippen LogP contribution is -2.19. The molecule has 2 aromatic carbocycles. The Morgan fingerprint density at radius 3 is 2.44 bits per heavy atom. The number of hydrogen-bond acceptors (Lipinski definition) is 3. The van der Waals surface area contributed by atoms with Crippen molar-refractivity contribution in [2.45, 2.75) is 33.1 Å². The molecular weight excluding hydrogens is 461 g/mol. The normalized spacial score (nSPS) is 11.4. The Labute approximate surface area is 200 Å². The molecule has 4 rings (SSSR count). The van der Waals surface area contributed by atoms with Gasteiger partial charge in [0, 0.05) is 6.20 Å². The molecule has 0 saturated carbocycles. The maximum absolute atomic E-state index is 12.9. The van der Waals surface area contributed by atoms with Crippen molar-refractivity contribution in [3.8, 4) is 0 Å². The first kappa shape index (κ1) is 23.5. The second kappa shape index (κ2) is 9.68. The molecule has 10 heteroatoms. The quantitative estimate of drug-likeness (QED) is 0.348. The van der Waals surface area contributed by atoms with Crippen molar-refractivity contribution >= 4 is 28.7 Å². The minimum Gasteiger partial charge on any atom is -0.330 e. The zero-order valence-electron chi connectivity index (χ0n) is 18.6. The first-order chi connectivity index (χ1) is 16.2. The summed E-state index contributed by atoms with van der Waals surface area (Å²) in [6.45, 7) is 4.74. The van der Waals surface area contributed by atoms with E-state index in [2.05, 4.69) is 20.8 Å². The lowest BCUT2D eigenvalue weighted by molar-refractivity contribution is -0.137. The van der Waals surface area contributed by atoms with Crippen LogP contribution in [0.5, 0.6) is 0 Å². The van der Waals surface area contributed by atoms with Gasteiger partial charge in [0.15, 0.2) is 5.11 Å². The van der Waals surface area contributed by atoms with Crippen molar-refractivity contribution in [3.05, 3.63) is 95.1 Å². The number of halogens is 3. The summed E-state index contributed by atoms with van der Waals surface area (Å²) in [5.74, 6) is 0. The van der Waals surface area contributed by atoms with Crippen molar-refractivity contribution < 1.29 is 13.2 Å². The zero-order valence-corrected chi connectivity index (χ0v) is 19.4. The molecule has 2 aromatic heterocycles. The van der Waals surface area contributed by atoms with E-state index in [4.69, 9.17) is 12.2 Å². The molecule has 0 saturated heterocycles. The Morgan fingerprint density at radius 2 is 1.71 bits per heavy atom. The molecule has 2 N–H and O–H groups in total. The standard InChI is InChI=1S/C24H23F3N6S/c1-16-22(17(2)33(31-16)14-18-7-4-3-5-8-18)30-23(34)29-21-12-28-32(15-21)13-19-9-6-10-20(11-19)24(25,26)27/h3-12,15H,13-14H2,1-2H3,(H2,29,30,34). The highest BCUT2D eigenvalue weighted by atomic mass is 32.1. The molecule has 0 aliphatic rings. The number of nitrogens with one attached hydrogen (secondary N) is 2. The van der Waals surface area contributed by atoms with Crippen molar-refractivity contribution in [3.63, 3.8) is 0 Å². The predicted molar refractivity (Wildman–Crippen MR) is 130 cm³/mol. The monoisotopic (exact) mass is 484 g/mol. The summed E-state index contributed by atoms with van der Waals surface area (Å²) < 4.78 is 42.3. The van der Waals surface area contributed by atoms with Crippen LogP contribution in [-0.2, 0) is 19.3 Å². The summed E-state index contributed by atoms with van der Waals surface area (Å²) in [4.78, 5) is 0. The molecule has 0 radical (unpaired) electrons. The van der Waals surface area contributed by atoms with Crippen LogP contribution < -0.4 is 10.6 Å². The molecule has 0 atom stereocenters. The van der Waals surface area contributed by atoms with Gasteiger partial charge >= 0.3 is 6.18 Å². The van der Waals surface area contributed by atoms with E-state index < -0.39 is 11.7 Å². The number of hydrogen-bond donors (Lipinski definition) is 2. The zero-order chi connectivity index (χ0) is 24.3. The van der Waals surface area contributed by atoms with Gasteiger partial charge in [0.2, 0.25) is 0 Å². The van der Waals surface area contributed by atoms with Gasteiger partial charge in [0.25, 0.3) is 0 Å². The highest BCUT2D eigenvalue weighted by Gasteiger charge is 2.30. The molecule has 0 unspecified atom stereocenters. The average molecular weight is 485 g/mol. The molecule has 4 aromatic rings. The summed E-state index contributed by atoms with van der Waals surface area (Å²) >= 11 is 5.45. The smallest absolute Gasteiger partial charge is 0.330 e. The molecule has 0 fully saturated rings. The van der Waals surface area contributed by atoms with E-state index in [1.165, 1.54) is 6.07 Å². The first-order valence-electron chi connectivity index (χ1n) is 10.5. The Kier molecular flexibility index (Phi) is 6.69.